The zero-order chi connectivity index (χ0) is 14.1. The van der Waals surface area contributed by atoms with E-state index >= 15 is 0 Å². The fraction of sp³-hybridized carbons (Fsp3) is 0.615. The summed E-state index contributed by atoms with van der Waals surface area (Å²) in [4.78, 5) is 11.2. The lowest BCUT2D eigenvalue weighted by atomic mass is 10.2. The highest BCUT2D eigenvalue weighted by Crippen LogP contribution is 2.16. The maximum Gasteiger partial charge on any atom is 0.373 e. The molecule has 1 atom stereocenters. The Kier molecular flexibility index (Phi) is 7.17. The molecule has 0 saturated heterocycles. The van der Waals surface area contributed by atoms with Crippen LogP contribution < -0.4 is 5.32 Å². The van der Waals surface area contributed by atoms with Crippen molar-refractivity contribution < 1.29 is 23.4 Å². The Morgan fingerprint density at radius 3 is 2.79 bits per heavy atom. The summed E-state index contributed by atoms with van der Waals surface area (Å²) in [5.74, 6) is 0.432. The van der Waals surface area contributed by atoms with E-state index in [0.717, 1.165) is 0 Å². The fourth-order valence-corrected chi connectivity index (χ4v) is 1.49. The molecule has 1 rings (SSSR count). The number of esters is 1. The van der Waals surface area contributed by atoms with Gasteiger partial charge in [-0.25, -0.2) is 4.79 Å². The minimum Gasteiger partial charge on any atom is -0.463 e. The molecule has 1 N–H and O–H groups in total. The van der Waals surface area contributed by atoms with Crippen LogP contribution in [-0.4, -0.2) is 46.6 Å². The van der Waals surface area contributed by atoms with Crippen molar-refractivity contribution in [3.63, 3.8) is 0 Å². The van der Waals surface area contributed by atoms with Gasteiger partial charge in [0.1, 0.15) is 5.76 Å². The van der Waals surface area contributed by atoms with E-state index in [2.05, 4.69) is 10.1 Å². The lowest BCUT2D eigenvalue weighted by Crippen LogP contribution is -2.23. The molecule has 0 aliphatic carbocycles. The van der Waals surface area contributed by atoms with Crippen LogP contribution in [-0.2, 0) is 14.2 Å². The van der Waals surface area contributed by atoms with E-state index < -0.39 is 5.97 Å². The maximum atomic E-state index is 11.2. The number of nitrogens with one attached hydrogen (secondary N) is 1. The van der Waals surface area contributed by atoms with Crippen LogP contribution in [0.4, 0.5) is 0 Å². The van der Waals surface area contributed by atoms with E-state index in [1.165, 1.54) is 7.11 Å². The molecule has 0 amide bonds. The Labute approximate surface area is 113 Å². The molecule has 0 aliphatic rings. The summed E-state index contributed by atoms with van der Waals surface area (Å²) in [6, 6.07) is 3.37. The Hall–Kier alpha value is -1.37. The lowest BCUT2D eigenvalue weighted by Gasteiger charge is -2.11. The molecule has 0 radical (unpaired) electrons. The van der Waals surface area contributed by atoms with Gasteiger partial charge < -0.3 is 23.9 Å². The predicted molar refractivity (Wildman–Crippen MR) is 69.2 cm³/mol. The van der Waals surface area contributed by atoms with Crippen molar-refractivity contribution in [3.8, 4) is 0 Å². The number of carbonyl (C=O) groups excluding carboxylic acids is 1. The summed E-state index contributed by atoms with van der Waals surface area (Å²) < 4.78 is 20.2. The number of carbonyl (C=O) groups is 1. The molecule has 0 aliphatic heterocycles. The summed E-state index contributed by atoms with van der Waals surface area (Å²) in [7, 11) is 2.96. The third kappa shape index (κ3) is 5.42. The second-order valence-electron chi connectivity index (χ2n) is 3.97. The number of rotatable bonds is 9. The average molecular weight is 271 g/mol. The second kappa shape index (κ2) is 8.68. The van der Waals surface area contributed by atoms with E-state index in [1.54, 1.807) is 19.2 Å². The van der Waals surface area contributed by atoms with Gasteiger partial charge in [-0.15, -0.1) is 0 Å². The van der Waals surface area contributed by atoms with Crippen molar-refractivity contribution >= 4 is 5.97 Å². The van der Waals surface area contributed by atoms with Gasteiger partial charge in [-0.3, -0.25) is 0 Å². The molecule has 6 heteroatoms. The highest BCUT2D eigenvalue weighted by molar-refractivity contribution is 5.86. The smallest absolute Gasteiger partial charge is 0.373 e. The van der Waals surface area contributed by atoms with Gasteiger partial charge >= 0.3 is 5.97 Å². The molecule has 6 nitrogen and oxygen atoms in total. The van der Waals surface area contributed by atoms with E-state index in [-0.39, 0.29) is 11.8 Å². The van der Waals surface area contributed by atoms with Gasteiger partial charge in [-0.2, -0.15) is 0 Å². The topological polar surface area (TPSA) is 69.9 Å². The van der Waals surface area contributed by atoms with Gasteiger partial charge in [-0.1, -0.05) is 0 Å². The van der Waals surface area contributed by atoms with Gasteiger partial charge in [0, 0.05) is 13.7 Å². The number of furan rings is 1. The first-order valence-corrected chi connectivity index (χ1v) is 6.17. The normalized spacial score (nSPS) is 12.4. The Morgan fingerprint density at radius 2 is 2.11 bits per heavy atom. The van der Waals surface area contributed by atoms with Crippen LogP contribution in [0.1, 0.15) is 29.3 Å². The van der Waals surface area contributed by atoms with Crippen LogP contribution in [0.15, 0.2) is 16.5 Å². The van der Waals surface area contributed by atoms with Gasteiger partial charge in [0.15, 0.2) is 0 Å². The highest BCUT2D eigenvalue weighted by atomic mass is 16.5. The summed E-state index contributed by atoms with van der Waals surface area (Å²) in [6.45, 7) is 4.42. The molecule has 1 unspecified atom stereocenters. The van der Waals surface area contributed by atoms with Crippen LogP contribution in [0.25, 0.3) is 0 Å². The van der Waals surface area contributed by atoms with E-state index in [4.69, 9.17) is 13.9 Å². The zero-order valence-corrected chi connectivity index (χ0v) is 11.6. The fourth-order valence-electron chi connectivity index (χ4n) is 1.49. The number of ether oxygens (including phenoxy) is 3. The number of methoxy groups -OCH3 is 2. The molecular weight excluding hydrogens is 250 g/mol. The predicted octanol–water partition coefficient (Wildman–Crippen LogP) is 1.38. The van der Waals surface area contributed by atoms with Crippen molar-refractivity contribution in [1.82, 2.24) is 5.32 Å². The van der Waals surface area contributed by atoms with E-state index in [9.17, 15) is 4.79 Å². The molecular formula is C13H21NO5. The number of hydrogen-bond acceptors (Lipinski definition) is 6. The summed E-state index contributed by atoms with van der Waals surface area (Å²) in [6.07, 6.45) is 0. The van der Waals surface area contributed by atoms with Gasteiger partial charge in [0.2, 0.25) is 5.76 Å². The molecule has 0 spiro atoms. The molecule has 0 bridgehead atoms. The Balaban J connectivity index is 2.27. The molecule has 0 saturated carbocycles. The van der Waals surface area contributed by atoms with Crippen molar-refractivity contribution in [1.29, 1.82) is 0 Å². The first kappa shape index (κ1) is 15.7. The van der Waals surface area contributed by atoms with E-state index in [0.29, 0.717) is 32.1 Å². The minimum atomic E-state index is -0.471. The third-order valence-corrected chi connectivity index (χ3v) is 2.57. The van der Waals surface area contributed by atoms with E-state index in [1.807, 2.05) is 6.92 Å². The molecule has 0 aromatic carbocycles. The highest BCUT2D eigenvalue weighted by Gasteiger charge is 2.14. The quantitative estimate of drug-likeness (QED) is 0.540. The average Bonchev–Trinajstić information content (AvgIpc) is 2.91. The number of hydrogen-bond donors (Lipinski definition) is 1. The maximum absolute atomic E-state index is 11.2. The first-order valence-electron chi connectivity index (χ1n) is 6.17. The van der Waals surface area contributed by atoms with Crippen LogP contribution in [0.2, 0.25) is 0 Å². The standard InChI is InChI=1S/C13H21NO5/c1-10(14-6-7-18-9-8-16-2)11-4-5-12(19-11)13(15)17-3/h4-5,10,14H,6-9H2,1-3H3. The molecule has 1 heterocycles. The Morgan fingerprint density at radius 1 is 1.32 bits per heavy atom. The van der Waals surface area contributed by atoms with Crippen LogP contribution in [0.5, 0.6) is 0 Å². The van der Waals surface area contributed by atoms with Crippen molar-refractivity contribution in [3.05, 3.63) is 23.7 Å². The Bertz CT molecular complexity index is 377. The van der Waals surface area contributed by atoms with Crippen LogP contribution in [0.3, 0.4) is 0 Å². The SMILES string of the molecule is COCCOCCNC(C)c1ccc(C(=O)OC)o1. The van der Waals surface area contributed by atoms with Crippen molar-refractivity contribution in [2.24, 2.45) is 0 Å². The van der Waals surface area contributed by atoms with Gasteiger partial charge in [-0.05, 0) is 19.1 Å². The first-order chi connectivity index (χ1) is 9.19. The monoisotopic (exact) mass is 271 g/mol. The largest absolute Gasteiger partial charge is 0.463 e. The lowest BCUT2D eigenvalue weighted by molar-refractivity contribution is 0.0561. The molecule has 1 aromatic rings. The van der Waals surface area contributed by atoms with Crippen LogP contribution in [0, 0.1) is 0 Å². The molecule has 19 heavy (non-hydrogen) atoms. The zero-order valence-electron chi connectivity index (χ0n) is 11.6. The summed E-state index contributed by atoms with van der Waals surface area (Å²) >= 11 is 0. The third-order valence-electron chi connectivity index (χ3n) is 2.57. The summed E-state index contributed by atoms with van der Waals surface area (Å²) in [5.41, 5.74) is 0. The van der Waals surface area contributed by atoms with Crippen molar-refractivity contribution in [2.75, 3.05) is 40.6 Å². The molecule has 0 fully saturated rings. The van der Waals surface area contributed by atoms with Gasteiger partial charge in [0.05, 0.1) is 33.0 Å². The molecule has 1 aromatic heterocycles. The van der Waals surface area contributed by atoms with Crippen LogP contribution >= 0.6 is 0 Å². The van der Waals surface area contributed by atoms with Gasteiger partial charge in [0.25, 0.3) is 0 Å². The molecule has 108 valence electrons. The van der Waals surface area contributed by atoms with Crippen molar-refractivity contribution in [2.45, 2.75) is 13.0 Å². The minimum absolute atomic E-state index is 0.00410. The summed E-state index contributed by atoms with van der Waals surface area (Å²) in [5, 5.41) is 3.23. The second-order valence-corrected chi connectivity index (χ2v) is 3.97.